The molecule has 0 spiro atoms. The standard InChI is InChI=1S/C54H32N2S2/c1-2-13-33(14-3-1)36-31-44-43-30-35(26-28-52(43)58-54(44)50(32-36)56-45-20-8-4-15-37(45)38-16-5-9-21-46(38)56)34-25-27-48-42(29-34)39-17-6-10-22-47(39)55(48)49-23-12-19-41-40-18-7-11-24-51(40)57-53(41)49/h1-32H. The van der Waals surface area contributed by atoms with Crippen molar-refractivity contribution in [3.63, 3.8) is 0 Å². The van der Waals surface area contributed by atoms with Gasteiger partial charge in [-0.3, -0.25) is 0 Å². The molecule has 0 fully saturated rings. The van der Waals surface area contributed by atoms with E-state index in [4.69, 9.17) is 0 Å². The molecule has 9 aromatic carbocycles. The maximum absolute atomic E-state index is 2.48. The highest BCUT2D eigenvalue weighted by atomic mass is 32.1. The van der Waals surface area contributed by atoms with Crippen molar-refractivity contribution in [3.05, 3.63) is 194 Å². The Labute approximate surface area is 341 Å². The molecule has 0 aliphatic carbocycles. The number of rotatable bonds is 4. The van der Waals surface area contributed by atoms with Gasteiger partial charge in [-0.25, -0.2) is 0 Å². The van der Waals surface area contributed by atoms with E-state index in [1.54, 1.807) is 0 Å². The maximum atomic E-state index is 2.48. The van der Waals surface area contributed by atoms with Crippen LogP contribution in [0.5, 0.6) is 0 Å². The van der Waals surface area contributed by atoms with Gasteiger partial charge >= 0.3 is 0 Å². The number of nitrogens with zero attached hydrogens (tertiary/aromatic N) is 2. The molecule has 0 saturated carbocycles. The number of benzene rings is 9. The average Bonchev–Trinajstić information content (AvgIpc) is 4.04. The second kappa shape index (κ2) is 12.3. The molecule has 4 heteroatoms. The molecular formula is C54H32N2S2. The third-order valence-corrected chi connectivity index (χ3v) is 14.5. The molecule has 0 amide bonds. The molecule has 13 rings (SSSR count). The SMILES string of the molecule is c1ccc(-c2cc(-n3c4ccccc4c4ccccc43)c3sc4ccc(-c5ccc6c(c5)c5ccccc5n6-c5cccc6c5sc5ccccc56)cc4c3c2)cc1. The van der Waals surface area contributed by atoms with E-state index < -0.39 is 0 Å². The molecule has 0 aliphatic rings. The molecule has 0 saturated heterocycles. The Balaban J connectivity index is 1.03. The molecule has 270 valence electrons. The van der Waals surface area contributed by atoms with Gasteiger partial charge in [-0.2, -0.15) is 0 Å². The van der Waals surface area contributed by atoms with Crippen LogP contribution in [0.1, 0.15) is 0 Å². The highest BCUT2D eigenvalue weighted by Gasteiger charge is 2.20. The number of aromatic nitrogens is 2. The fourth-order valence-electron chi connectivity index (χ4n) is 9.51. The Kier molecular flexibility index (Phi) is 6.79. The average molecular weight is 773 g/mol. The molecule has 0 bridgehead atoms. The monoisotopic (exact) mass is 772 g/mol. The van der Waals surface area contributed by atoms with E-state index in [2.05, 4.69) is 203 Å². The first kappa shape index (κ1) is 32.1. The van der Waals surface area contributed by atoms with Gasteiger partial charge in [-0.15, -0.1) is 22.7 Å². The van der Waals surface area contributed by atoms with Crippen molar-refractivity contribution in [3.8, 4) is 33.6 Å². The second-order valence-corrected chi connectivity index (χ2v) is 17.4. The molecule has 0 aliphatic heterocycles. The minimum Gasteiger partial charge on any atom is -0.308 e. The van der Waals surface area contributed by atoms with Crippen LogP contribution in [0.3, 0.4) is 0 Å². The summed E-state index contributed by atoms with van der Waals surface area (Å²) in [6.45, 7) is 0. The zero-order valence-electron chi connectivity index (χ0n) is 31.2. The van der Waals surface area contributed by atoms with Crippen molar-refractivity contribution in [2.75, 3.05) is 0 Å². The van der Waals surface area contributed by atoms with Gasteiger partial charge in [0.15, 0.2) is 0 Å². The van der Waals surface area contributed by atoms with Crippen LogP contribution in [0.15, 0.2) is 194 Å². The van der Waals surface area contributed by atoms with E-state index >= 15 is 0 Å². The number of hydrogen-bond donors (Lipinski definition) is 0. The Hall–Kier alpha value is -6.98. The van der Waals surface area contributed by atoms with Crippen LogP contribution in [-0.2, 0) is 0 Å². The second-order valence-electron chi connectivity index (χ2n) is 15.3. The Morgan fingerprint density at radius 2 is 0.759 bits per heavy atom. The van der Waals surface area contributed by atoms with Gasteiger partial charge in [0.2, 0.25) is 0 Å². The molecule has 0 radical (unpaired) electrons. The lowest BCUT2D eigenvalue weighted by Gasteiger charge is -2.12. The fourth-order valence-corrected chi connectivity index (χ4v) is 11.9. The van der Waals surface area contributed by atoms with Crippen molar-refractivity contribution in [1.29, 1.82) is 0 Å². The number of para-hydroxylation sites is 3. The van der Waals surface area contributed by atoms with Crippen molar-refractivity contribution >= 4 is 107 Å². The Morgan fingerprint density at radius 3 is 1.48 bits per heavy atom. The number of fused-ring (bicyclic) bond motifs is 12. The summed E-state index contributed by atoms with van der Waals surface area (Å²) in [5.74, 6) is 0. The van der Waals surface area contributed by atoms with E-state index in [1.807, 2.05) is 22.7 Å². The summed E-state index contributed by atoms with van der Waals surface area (Å²) < 4.78 is 10.2. The zero-order chi connectivity index (χ0) is 37.9. The summed E-state index contributed by atoms with van der Waals surface area (Å²) in [7, 11) is 0. The molecule has 0 unspecified atom stereocenters. The van der Waals surface area contributed by atoms with Crippen LogP contribution in [0.25, 0.3) is 118 Å². The van der Waals surface area contributed by atoms with Crippen molar-refractivity contribution in [2.45, 2.75) is 0 Å². The van der Waals surface area contributed by atoms with Crippen LogP contribution >= 0.6 is 22.7 Å². The third-order valence-electron chi connectivity index (χ3n) is 12.1. The highest BCUT2D eigenvalue weighted by molar-refractivity contribution is 7.26. The summed E-state index contributed by atoms with van der Waals surface area (Å²) in [6.07, 6.45) is 0. The quantitative estimate of drug-likeness (QED) is 0.169. The molecule has 58 heavy (non-hydrogen) atoms. The first-order chi connectivity index (χ1) is 28.8. The van der Waals surface area contributed by atoms with Crippen LogP contribution in [-0.4, -0.2) is 9.13 Å². The summed E-state index contributed by atoms with van der Waals surface area (Å²) in [5.41, 5.74) is 12.2. The van der Waals surface area contributed by atoms with Crippen molar-refractivity contribution < 1.29 is 0 Å². The van der Waals surface area contributed by atoms with Crippen LogP contribution in [0.4, 0.5) is 0 Å². The zero-order valence-corrected chi connectivity index (χ0v) is 32.8. The fraction of sp³-hybridized carbons (Fsp3) is 0. The molecule has 0 N–H and O–H groups in total. The minimum atomic E-state index is 1.22. The van der Waals surface area contributed by atoms with Crippen LogP contribution in [0.2, 0.25) is 0 Å². The van der Waals surface area contributed by atoms with Crippen LogP contribution in [0, 0.1) is 0 Å². The Bertz CT molecular complexity index is 3750. The lowest BCUT2D eigenvalue weighted by Crippen LogP contribution is -1.95. The summed E-state index contributed by atoms with van der Waals surface area (Å²) in [6, 6.07) is 71.8. The summed E-state index contributed by atoms with van der Waals surface area (Å²) >= 11 is 3.78. The van der Waals surface area contributed by atoms with Crippen LogP contribution < -0.4 is 0 Å². The molecule has 4 aromatic heterocycles. The lowest BCUT2D eigenvalue weighted by atomic mass is 9.98. The van der Waals surface area contributed by atoms with Crippen molar-refractivity contribution in [2.24, 2.45) is 0 Å². The number of thiophene rings is 2. The maximum Gasteiger partial charge on any atom is 0.0647 e. The largest absolute Gasteiger partial charge is 0.308 e. The topological polar surface area (TPSA) is 9.86 Å². The lowest BCUT2D eigenvalue weighted by molar-refractivity contribution is 1.20. The highest BCUT2D eigenvalue weighted by Crippen LogP contribution is 2.46. The first-order valence-corrected chi connectivity index (χ1v) is 21.4. The summed E-state index contributed by atoms with van der Waals surface area (Å²) in [5, 5.41) is 10.3. The molecular weight excluding hydrogens is 741 g/mol. The van der Waals surface area contributed by atoms with E-state index in [1.165, 1.54) is 118 Å². The van der Waals surface area contributed by atoms with E-state index in [-0.39, 0.29) is 0 Å². The smallest absolute Gasteiger partial charge is 0.0647 e. The minimum absolute atomic E-state index is 1.22. The molecule has 0 atom stereocenters. The predicted molar refractivity (Wildman–Crippen MR) is 252 cm³/mol. The van der Waals surface area contributed by atoms with Gasteiger partial charge in [0.25, 0.3) is 0 Å². The Morgan fingerprint density at radius 1 is 0.259 bits per heavy atom. The predicted octanol–water partition coefficient (Wildman–Crippen LogP) is 16.0. The van der Waals surface area contributed by atoms with Gasteiger partial charge < -0.3 is 9.13 Å². The normalized spacial score (nSPS) is 12.1. The van der Waals surface area contributed by atoms with Gasteiger partial charge in [0, 0.05) is 52.5 Å². The van der Waals surface area contributed by atoms with E-state index in [0.29, 0.717) is 0 Å². The molecule has 2 nitrogen and oxygen atoms in total. The number of hydrogen-bond acceptors (Lipinski definition) is 2. The van der Waals surface area contributed by atoms with Gasteiger partial charge in [0.1, 0.15) is 0 Å². The van der Waals surface area contributed by atoms with E-state index in [0.717, 1.165) is 0 Å². The first-order valence-electron chi connectivity index (χ1n) is 19.8. The van der Waals surface area contributed by atoms with Gasteiger partial charge in [-0.05, 0) is 89.0 Å². The van der Waals surface area contributed by atoms with Gasteiger partial charge in [0.05, 0.1) is 42.8 Å². The molecule has 13 aromatic rings. The van der Waals surface area contributed by atoms with E-state index in [9.17, 15) is 0 Å². The van der Waals surface area contributed by atoms with Gasteiger partial charge in [-0.1, -0.05) is 127 Å². The summed E-state index contributed by atoms with van der Waals surface area (Å²) in [4.78, 5) is 0. The molecule has 4 heterocycles. The third kappa shape index (κ3) is 4.58. The van der Waals surface area contributed by atoms with Crippen molar-refractivity contribution in [1.82, 2.24) is 9.13 Å².